The van der Waals surface area contributed by atoms with E-state index in [0.29, 0.717) is 12.2 Å². The fourth-order valence-corrected chi connectivity index (χ4v) is 2.56. The van der Waals surface area contributed by atoms with Crippen molar-refractivity contribution in [2.75, 3.05) is 31.5 Å². The highest BCUT2D eigenvalue weighted by Crippen LogP contribution is 2.16. The SMILES string of the molecule is CC(O)c1cccc(NC(=O)NCCCN2CCCC2)c1. The van der Waals surface area contributed by atoms with Crippen molar-refractivity contribution in [1.29, 1.82) is 0 Å². The van der Waals surface area contributed by atoms with Crippen LogP contribution < -0.4 is 10.6 Å². The van der Waals surface area contributed by atoms with Crippen molar-refractivity contribution in [3.8, 4) is 0 Å². The zero-order valence-electron chi connectivity index (χ0n) is 12.6. The fraction of sp³-hybridized carbons (Fsp3) is 0.562. The summed E-state index contributed by atoms with van der Waals surface area (Å²) >= 11 is 0. The lowest BCUT2D eigenvalue weighted by molar-refractivity contribution is 0.199. The lowest BCUT2D eigenvalue weighted by Gasteiger charge is -2.14. The van der Waals surface area contributed by atoms with Crippen LogP contribution >= 0.6 is 0 Å². The number of nitrogens with zero attached hydrogens (tertiary/aromatic N) is 1. The first-order valence-electron chi connectivity index (χ1n) is 7.70. The van der Waals surface area contributed by atoms with Crippen molar-refractivity contribution >= 4 is 11.7 Å². The van der Waals surface area contributed by atoms with Crippen molar-refractivity contribution in [2.24, 2.45) is 0 Å². The Kier molecular flexibility index (Phi) is 6.02. The molecule has 1 atom stereocenters. The summed E-state index contributed by atoms with van der Waals surface area (Å²) in [5.74, 6) is 0. The standard InChI is InChI=1S/C16H25N3O2/c1-13(20)14-6-4-7-15(12-14)18-16(21)17-8-5-11-19-9-2-3-10-19/h4,6-7,12-13,20H,2-3,5,8-11H2,1H3,(H2,17,18,21). The minimum absolute atomic E-state index is 0.195. The second-order valence-corrected chi connectivity index (χ2v) is 5.58. The molecule has 1 aromatic carbocycles. The Hall–Kier alpha value is -1.59. The van der Waals surface area contributed by atoms with E-state index in [0.717, 1.165) is 18.5 Å². The van der Waals surface area contributed by atoms with Gasteiger partial charge in [-0.3, -0.25) is 0 Å². The number of anilines is 1. The number of carbonyl (C=O) groups excluding carboxylic acids is 1. The zero-order valence-corrected chi connectivity index (χ0v) is 12.6. The fourth-order valence-electron chi connectivity index (χ4n) is 2.56. The van der Waals surface area contributed by atoms with Gasteiger partial charge in [-0.05, 0) is 63.5 Å². The largest absolute Gasteiger partial charge is 0.389 e. The van der Waals surface area contributed by atoms with Crippen LogP contribution in [0.15, 0.2) is 24.3 Å². The molecule has 21 heavy (non-hydrogen) atoms. The van der Waals surface area contributed by atoms with Crippen LogP contribution in [0, 0.1) is 0 Å². The van der Waals surface area contributed by atoms with Gasteiger partial charge in [-0.15, -0.1) is 0 Å². The monoisotopic (exact) mass is 291 g/mol. The van der Waals surface area contributed by atoms with E-state index in [1.165, 1.54) is 25.9 Å². The molecule has 0 spiro atoms. The van der Waals surface area contributed by atoms with Gasteiger partial charge in [0.2, 0.25) is 0 Å². The molecule has 1 unspecified atom stereocenters. The zero-order chi connectivity index (χ0) is 15.1. The topological polar surface area (TPSA) is 64.6 Å². The lowest BCUT2D eigenvalue weighted by atomic mass is 10.1. The first kappa shape index (κ1) is 15.8. The number of amides is 2. The highest BCUT2D eigenvalue weighted by molar-refractivity contribution is 5.89. The van der Waals surface area contributed by atoms with E-state index in [-0.39, 0.29) is 6.03 Å². The molecule has 0 aromatic heterocycles. The average molecular weight is 291 g/mol. The van der Waals surface area contributed by atoms with Gasteiger partial charge >= 0.3 is 6.03 Å². The molecule has 0 bridgehead atoms. The summed E-state index contributed by atoms with van der Waals surface area (Å²) in [7, 11) is 0. The number of rotatable bonds is 6. The molecule has 1 heterocycles. The van der Waals surface area contributed by atoms with Crippen molar-refractivity contribution in [2.45, 2.75) is 32.3 Å². The van der Waals surface area contributed by atoms with E-state index in [9.17, 15) is 9.90 Å². The van der Waals surface area contributed by atoms with Gasteiger partial charge in [0, 0.05) is 12.2 Å². The smallest absolute Gasteiger partial charge is 0.319 e. The van der Waals surface area contributed by atoms with Gasteiger partial charge in [-0.2, -0.15) is 0 Å². The number of hydrogen-bond acceptors (Lipinski definition) is 3. The molecule has 3 N–H and O–H groups in total. The van der Waals surface area contributed by atoms with Crippen LogP contribution in [0.25, 0.3) is 0 Å². The number of aliphatic hydroxyl groups is 1. The maximum Gasteiger partial charge on any atom is 0.319 e. The third kappa shape index (κ3) is 5.36. The third-order valence-corrected chi connectivity index (χ3v) is 3.76. The molecule has 0 radical (unpaired) electrons. The number of benzene rings is 1. The van der Waals surface area contributed by atoms with E-state index < -0.39 is 6.10 Å². The van der Waals surface area contributed by atoms with Crippen LogP contribution in [0.4, 0.5) is 10.5 Å². The van der Waals surface area contributed by atoms with Gasteiger partial charge in [0.05, 0.1) is 6.10 Å². The summed E-state index contributed by atoms with van der Waals surface area (Å²) in [6.45, 7) is 5.82. The highest BCUT2D eigenvalue weighted by Gasteiger charge is 2.10. The Morgan fingerprint density at radius 3 is 2.86 bits per heavy atom. The van der Waals surface area contributed by atoms with E-state index in [4.69, 9.17) is 0 Å². The molecule has 116 valence electrons. The Morgan fingerprint density at radius 1 is 1.38 bits per heavy atom. The molecule has 2 amide bonds. The molecular weight excluding hydrogens is 266 g/mol. The second-order valence-electron chi connectivity index (χ2n) is 5.58. The van der Waals surface area contributed by atoms with Gasteiger partial charge in [-0.1, -0.05) is 12.1 Å². The lowest BCUT2D eigenvalue weighted by Crippen LogP contribution is -2.31. The average Bonchev–Trinajstić information content (AvgIpc) is 2.97. The number of likely N-dealkylation sites (tertiary alicyclic amines) is 1. The normalized spacial score (nSPS) is 16.7. The van der Waals surface area contributed by atoms with Crippen molar-refractivity contribution in [3.05, 3.63) is 29.8 Å². The molecule has 1 aliphatic heterocycles. The Labute approximate surface area is 126 Å². The maximum atomic E-state index is 11.8. The first-order chi connectivity index (χ1) is 10.1. The van der Waals surface area contributed by atoms with Crippen LogP contribution in [0.3, 0.4) is 0 Å². The van der Waals surface area contributed by atoms with Crippen LogP contribution in [0.1, 0.15) is 37.9 Å². The summed E-state index contributed by atoms with van der Waals surface area (Å²) in [5.41, 5.74) is 1.49. The second kappa shape index (κ2) is 8.00. The molecule has 5 nitrogen and oxygen atoms in total. The molecule has 2 rings (SSSR count). The summed E-state index contributed by atoms with van der Waals surface area (Å²) in [6.07, 6.45) is 3.04. The Balaban J connectivity index is 1.67. The van der Waals surface area contributed by atoms with Gasteiger partial charge in [0.25, 0.3) is 0 Å². The third-order valence-electron chi connectivity index (χ3n) is 3.76. The predicted molar refractivity (Wildman–Crippen MR) is 84.4 cm³/mol. The summed E-state index contributed by atoms with van der Waals surface area (Å²) < 4.78 is 0. The van der Waals surface area contributed by atoms with Crippen molar-refractivity contribution < 1.29 is 9.90 Å². The number of aliphatic hydroxyl groups excluding tert-OH is 1. The minimum Gasteiger partial charge on any atom is -0.389 e. The van der Waals surface area contributed by atoms with Gasteiger partial charge < -0.3 is 20.6 Å². The molecular formula is C16H25N3O2. The minimum atomic E-state index is -0.532. The first-order valence-corrected chi connectivity index (χ1v) is 7.70. The van der Waals surface area contributed by atoms with E-state index in [1.54, 1.807) is 13.0 Å². The highest BCUT2D eigenvalue weighted by atomic mass is 16.3. The number of carbonyl (C=O) groups is 1. The number of urea groups is 1. The van der Waals surface area contributed by atoms with Gasteiger partial charge in [0.15, 0.2) is 0 Å². The summed E-state index contributed by atoms with van der Waals surface area (Å²) in [5, 5.41) is 15.2. The molecule has 0 saturated carbocycles. The van der Waals surface area contributed by atoms with Crippen LogP contribution in [0.2, 0.25) is 0 Å². The molecule has 1 aliphatic rings. The van der Waals surface area contributed by atoms with Gasteiger partial charge in [-0.25, -0.2) is 4.79 Å². The van der Waals surface area contributed by atoms with E-state index in [1.807, 2.05) is 18.2 Å². The van der Waals surface area contributed by atoms with Crippen molar-refractivity contribution in [1.82, 2.24) is 10.2 Å². The number of nitrogens with one attached hydrogen (secondary N) is 2. The quantitative estimate of drug-likeness (QED) is 0.705. The summed E-state index contributed by atoms with van der Waals surface area (Å²) in [6, 6.07) is 7.07. The summed E-state index contributed by atoms with van der Waals surface area (Å²) in [4.78, 5) is 14.2. The molecule has 0 aliphatic carbocycles. The van der Waals surface area contributed by atoms with Crippen LogP contribution in [-0.4, -0.2) is 42.2 Å². The Morgan fingerprint density at radius 2 is 2.14 bits per heavy atom. The molecule has 1 fully saturated rings. The molecule has 5 heteroatoms. The predicted octanol–water partition coefficient (Wildman–Crippen LogP) is 2.35. The van der Waals surface area contributed by atoms with E-state index >= 15 is 0 Å². The van der Waals surface area contributed by atoms with E-state index in [2.05, 4.69) is 15.5 Å². The van der Waals surface area contributed by atoms with Crippen LogP contribution in [-0.2, 0) is 0 Å². The number of hydrogen-bond donors (Lipinski definition) is 3. The maximum absolute atomic E-state index is 11.8. The molecule has 1 aromatic rings. The van der Waals surface area contributed by atoms with Gasteiger partial charge in [0.1, 0.15) is 0 Å². The Bertz CT molecular complexity index is 457. The van der Waals surface area contributed by atoms with Crippen LogP contribution in [0.5, 0.6) is 0 Å². The molecule has 1 saturated heterocycles. The van der Waals surface area contributed by atoms with Crippen molar-refractivity contribution in [3.63, 3.8) is 0 Å².